The zero-order valence-corrected chi connectivity index (χ0v) is 17.2. The maximum absolute atomic E-state index is 12.6. The van der Waals surface area contributed by atoms with Gasteiger partial charge in [0.15, 0.2) is 0 Å². The molecule has 1 heterocycles. The second-order valence-electron chi connectivity index (χ2n) is 7.14. The molecule has 2 rings (SSSR count). The van der Waals surface area contributed by atoms with E-state index in [0.717, 1.165) is 11.3 Å². The van der Waals surface area contributed by atoms with Gasteiger partial charge in [-0.25, -0.2) is 0 Å². The van der Waals surface area contributed by atoms with Crippen LogP contribution in [0.2, 0.25) is 0 Å². The van der Waals surface area contributed by atoms with Crippen LogP contribution in [0, 0.1) is 5.92 Å². The van der Waals surface area contributed by atoms with Gasteiger partial charge in [-0.1, -0.05) is 13.8 Å². The summed E-state index contributed by atoms with van der Waals surface area (Å²) in [5.74, 6) is 0.391. The summed E-state index contributed by atoms with van der Waals surface area (Å²) < 4.78 is 10.4. The van der Waals surface area contributed by atoms with E-state index < -0.39 is 0 Å². The molecule has 1 aromatic heterocycles. The van der Waals surface area contributed by atoms with Crippen molar-refractivity contribution in [2.24, 2.45) is 5.92 Å². The number of hydrogen-bond donors (Lipinski definition) is 1. The highest BCUT2D eigenvalue weighted by Crippen LogP contribution is 2.25. The quantitative estimate of drug-likeness (QED) is 0.716. The molecule has 28 heavy (non-hydrogen) atoms. The molecule has 0 aliphatic carbocycles. The van der Waals surface area contributed by atoms with Gasteiger partial charge in [0.25, 0.3) is 0 Å². The molecular weight excluding hydrogens is 358 g/mol. The lowest BCUT2D eigenvalue weighted by Gasteiger charge is -2.25. The van der Waals surface area contributed by atoms with E-state index >= 15 is 0 Å². The molecule has 0 atom stereocenters. The topological polar surface area (TPSA) is 75.0 Å². The molecule has 0 aliphatic heterocycles. The van der Waals surface area contributed by atoms with Crippen molar-refractivity contribution in [3.63, 3.8) is 0 Å². The van der Waals surface area contributed by atoms with Gasteiger partial charge in [0.2, 0.25) is 11.8 Å². The van der Waals surface area contributed by atoms with Gasteiger partial charge in [0.05, 0.1) is 12.8 Å². The molecule has 7 nitrogen and oxygen atoms in total. The first-order valence-electron chi connectivity index (χ1n) is 9.22. The van der Waals surface area contributed by atoms with Crippen molar-refractivity contribution in [2.75, 3.05) is 38.0 Å². The Morgan fingerprint density at radius 2 is 1.93 bits per heavy atom. The van der Waals surface area contributed by atoms with Gasteiger partial charge in [0, 0.05) is 45.0 Å². The highest BCUT2D eigenvalue weighted by Gasteiger charge is 2.19. The Kier molecular flexibility index (Phi) is 7.63. The van der Waals surface area contributed by atoms with E-state index in [1.807, 2.05) is 57.1 Å². The fourth-order valence-electron chi connectivity index (χ4n) is 2.76. The summed E-state index contributed by atoms with van der Waals surface area (Å²) in [5, 5.41) is 2.92. The van der Waals surface area contributed by atoms with Gasteiger partial charge in [-0.2, -0.15) is 0 Å². The molecule has 0 bridgehead atoms. The standard InChI is InChI=1S/C21H29N3O4/c1-15(2)21(26)22-17-8-9-19(23(3)4)16(11-17)12-24(20(25)14-27-5)13-18-7-6-10-28-18/h6-11,15H,12-14H2,1-5H3,(H,22,26). The molecule has 0 saturated carbocycles. The van der Waals surface area contributed by atoms with Crippen LogP contribution in [0.15, 0.2) is 41.0 Å². The molecule has 0 saturated heterocycles. The number of hydrogen-bond acceptors (Lipinski definition) is 5. The highest BCUT2D eigenvalue weighted by atomic mass is 16.5. The van der Waals surface area contributed by atoms with Crippen molar-refractivity contribution in [2.45, 2.75) is 26.9 Å². The summed E-state index contributed by atoms with van der Waals surface area (Å²) in [6.07, 6.45) is 1.58. The minimum Gasteiger partial charge on any atom is -0.467 e. The van der Waals surface area contributed by atoms with Gasteiger partial charge in [-0.05, 0) is 35.9 Å². The van der Waals surface area contributed by atoms with Crippen LogP contribution in [0.25, 0.3) is 0 Å². The fourth-order valence-corrected chi connectivity index (χ4v) is 2.76. The van der Waals surface area contributed by atoms with Crippen LogP contribution in [-0.2, 0) is 27.4 Å². The van der Waals surface area contributed by atoms with Crippen LogP contribution >= 0.6 is 0 Å². The monoisotopic (exact) mass is 387 g/mol. The van der Waals surface area contributed by atoms with E-state index in [2.05, 4.69) is 5.32 Å². The number of amides is 2. The van der Waals surface area contributed by atoms with Crippen molar-refractivity contribution >= 4 is 23.2 Å². The summed E-state index contributed by atoms with van der Waals surface area (Å²) >= 11 is 0. The van der Waals surface area contributed by atoms with Crippen LogP contribution in [0.3, 0.4) is 0 Å². The Balaban J connectivity index is 2.31. The SMILES string of the molecule is COCC(=O)N(Cc1ccco1)Cc1cc(NC(=O)C(C)C)ccc1N(C)C. The van der Waals surface area contributed by atoms with Gasteiger partial charge < -0.3 is 24.3 Å². The molecule has 2 aromatic rings. The van der Waals surface area contributed by atoms with E-state index in [0.29, 0.717) is 24.5 Å². The summed E-state index contributed by atoms with van der Waals surface area (Å²) in [7, 11) is 5.38. The Morgan fingerprint density at radius 3 is 2.50 bits per heavy atom. The number of carbonyl (C=O) groups is 2. The van der Waals surface area contributed by atoms with Gasteiger partial charge >= 0.3 is 0 Å². The summed E-state index contributed by atoms with van der Waals surface area (Å²) in [4.78, 5) is 28.3. The van der Waals surface area contributed by atoms with Crippen LogP contribution in [0.1, 0.15) is 25.2 Å². The molecule has 152 valence electrons. The Hall–Kier alpha value is -2.80. The number of benzene rings is 1. The number of methoxy groups -OCH3 is 1. The van der Waals surface area contributed by atoms with Gasteiger partial charge in [-0.3, -0.25) is 9.59 Å². The zero-order valence-electron chi connectivity index (χ0n) is 17.2. The zero-order chi connectivity index (χ0) is 20.7. The maximum Gasteiger partial charge on any atom is 0.249 e. The maximum atomic E-state index is 12.6. The smallest absolute Gasteiger partial charge is 0.249 e. The second kappa shape index (κ2) is 9.94. The van der Waals surface area contributed by atoms with E-state index in [1.54, 1.807) is 17.2 Å². The molecular formula is C21H29N3O4. The molecule has 2 amide bonds. The first-order valence-corrected chi connectivity index (χ1v) is 9.22. The lowest BCUT2D eigenvalue weighted by atomic mass is 10.1. The Labute approximate surface area is 166 Å². The number of furan rings is 1. The fraction of sp³-hybridized carbons (Fsp3) is 0.429. The number of rotatable bonds is 9. The predicted molar refractivity (Wildman–Crippen MR) is 109 cm³/mol. The second-order valence-corrected chi connectivity index (χ2v) is 7.14. The minimum atomic E-state index is -0.139. The number of anilines is 2. The normalized spacial score (nSPS) is 10.8. The van der Waals surface area contributed by atoms with Crippen molar-refractivity contribution in [1.29, 1.82) is 0 Å². The molecule has 0 radical (unpaired) electrons. The summed E-state index contributed by atoms with van der Waals surface area (Å²) in [6, 6.07) is 9.34. The number of ether oxygens (including phenoxy) is 1. The molecule has 7 heteroatoms. The van der Waals surface area contributed by atoms with E-state index in [1.165, 1.54) is 7.11 Å². The third-order valence-corrected chi connectivity index (χ3v) is 4.26. The largest absolute Gasteiger partial charge is 0.467 e. The average Bonchev–Trinajstić information content (AvgIpc) is 3.14. The summed E-state index contributed by atoms with van der Waals surface area (Å²) in [5.41, 5.74) is 2.59. The van der Waals surface area contributed by atoms with Crippen LogP contribution in [0.4, 0.5) is 11.4 Å². The average molecular weight is 387 g/mol. The predicted octanol–water partition coefficient (Wildman–Crippen LogP) is 3.12. The third-order valence-electron chi connectivity index (χ3n) is 4.26. The highest BCUT2D eigenvalue weighted by molar-refractivity contribution is 5.92. The van der Waals surface area contributed by atoms with E-state index in [-0.39, 0.29) is 24.3 Å². The number of carbonyl (C=O) groups excluding carboxylic acids is 2. The van der Waals surface area contributed by atoms with Crippen molar-refractivity contribution in [3.05, 3.63) is 47.9 Å². The van der Waals surface area contributed by atoms with Gasteiger partial charge in [-0.15, -0.1) is 0 Å². The number of nitrogens with zero attached hydrogens (tertiary/aromatic N) is 2. The summed E-state index contributed by atoms with van der Waals surface area (Å²) in [6.45, 7) is 4.38. The first kappa shape index (κ1) is 21.5. The molecule has 0 fully saturated rings. The minimum absolute atomic E-state index is 0.0121. The van der Waals surface area contributed by atoms with Crippen molar-refractivity contribution in [1.82, 2.24) is 4.90 Å². The third kappa shape index (κ3) is 5.85. The van der Waals surface area contributed by atoms with Crippen LogP contribution in [-0.4, -0.2) is 44.5 Å². The van der Waals surface area contributed by atoms with E-state index in [9.17, 15) is 9.59 Å². The lowest BCUT2D eigenvalue weighted by Crippen LogP contribution is -2.33. The first-order chi connectivity index (χ1) is 13.3. The molecule has 1 aromatic carbocycles. The Bertz CT molecular complexity index is 785. The number of nitrogens with one attached hydrogen (secondary N) is 1. The van der Waals surface area contributed by atoms with Crippen molar-refractivity contribution in [3.8, 4) is 0 Å². The van der Waals surface area contributed by atoms with E-state index in [4.69, 9.17) is 9.15 Å². The van der Waals surface area contributed by atoms with Crippen LogP contribution < -0.4 is 10.2 Å². The lowest BCUT2D eigenvalue weighted by molar-refractivity contribution is -0.136. The molecule has 1 N–H and O–H groups in total. The Morgan fingerprint density at radius 1 is 1.18 bits per heavy atom. The van der Waals surface area contributed by atoms with Crippen molar-refractivity contribution < 1.29 is 18.7 Å². The molecule has 0 aliphatic rings. The van der Waals surface area contributed by atoms with Crippen LogP contribution in [0.5, 0.6) is 0 Å². The van der Waals surface area contributed by atoms with Gasteiger partial charge in [0.1, 0.15) is 12.4 Å². The molecule has 0 unspecified atom stereocenters. The molecule has 0 spiro atoms.